The molecule has 0 saturated heterocycles. The van der Waals surface area contributed by atoms with Crippen molar-refractivity contribution in [2.24, 2.45) is 0 Å². The van der Waals surface area contributed by atoms with E-state index >= 15 is 0 Å². The quantitative estimate of drug-likeness (QED) is 0.744. The molecule has 0 amide bonds. The first-order chi connectivity index (χ1) is 7.75. The standard InChI is InChI=1S/C12H17BrClNO/c13-12-10(14)6-5-7-11(12)15-8-3-1-2-4-9-16/h5-7,15-16H,1-4,8-9H2. The van der Waals surface area contributed by atoms with Crippen molar-refractivity contribution in [1.82, 2.24) is 0 Å². The second-order valence-electron chi connectivity index (χ2n) is 3.67. The van der Waals surface area contributed by atoms with Gasteiger partial charge >= 0.3 is 0 Å². The fourth-order valence-corrected chi connectivity index (χ4v) is 2.03. The lowest BCUT2D eigenvalue weighted by Crippen LogP contribution is -2.02. The SMILES string of the molecule is OCCCCCCNc1cccc(Cl)c1Br. The summed E-state index contributed by atoms with van der Waals surface area (Å²) < 4.78 is 0.923. The lowest BCUT2D eigenvalue weighted by Gasteiger charge is -2.09. The van der Waals surface area contributed by atoms with E-state index in [9.17, 15) is 0 Å². The fourth-order valence-electron chi connectivity index (χ4n) is 1.45. The zero-order chi connectivity index (χ0) is 11.8. The Bertz CT molecular complexity index is 320. The van der Waals surface area contributed by atoms with Gasteiger partial charge in [-0.3, -0.25) is 0 Å². The Morgan fingerprint density at radius 1 is 1.19 bits per heavy atom. The monoisotopic (exact) mass is 305 g/mol. The van der Waals surface area contributed by atoms with Crippen molar-refractivity contribution in [2.75, 3.05) is 18.5 Å². The third kappa shape index (κ3) is 4.73. The lowest BCUT2D eigenvalue weighted by molar-refractivity contribution is 0.283. The molecule has 90 valence electrons. The Labute approximate surface area is 110 Å². The summed E-state index contributed by atoms with van der Waals surface area (Å²) in [5.74, 6) is 0. The molecular weight excluding hydrogens is 289 g/mol. The van der Waals surface area contributed by atoms with Crippen molar-refractivity contribution in [3.63, 3.8) is 0 Å². The van der Waals surface area contributed by atoms with Crippen LogP contribution in [0, 0.1) is 0 Å². The minimum absolute atomic E-state index is 0.299. The predicted molar refractivity (Wildman–Crippen MR) is 73.2 cm³/mol. The van der Waals surface area contributed by atoms with Crippen molar-refractivity contribution >= 4 is 33.2 Å². The van der Waals surface area contributed by atoms with E-state index in [4.69, 9.17) is 16.7 Å². The molecule has 0 radical (unpaired) electrons. The zero-order valence-electron chi connectivity index (χ0n) is 9.18. The first-order valence-corrected chi connectivity index (χ1v) is 6.71. The number of aliphatic hydroxyl groups excluding tert-OH is 1. The molecule has 1 aromatic rings. The van der Waals surface area contributed by atoms with Crippen LogP contribution < -0.4 is 5.32 Å². The molecule has 0 atom stereocenters. The number of aliphatic hydroxyl groups is 1. The highest BCUT2D eigenvalue weighted by atomic mass is 79.9. The maximum absolute atomic E-state index is 8.63. The van der Waals surface area contributed by atoms with Gasteiger partial charge < -0.3 is 10.4 Å². The third-order valence-electron chi connectivity index (χ3n) is 2.35. The number of hydrogen-bond acceptors (Lipinski definition) is 2. The van der Waals surface area contributed by atoms with Gasteiger partial charge in [0, 0.05) is 18.8 Å². The Hall–Kier alpha value is -0.250. The first kappa shape index (κ1) is 13.8. The molecule has 0 unspecified atom stereocenters. The van der Waals surface area contributed by atoms with Gasteiger partial charge in [-0.15, -0.1) is 0 Å². The van der Waals surface area contributed by atoms with Crippen LogP contribution in [0.4, 0.5) is 5.69 Å². The molecule has 2 N–H and O–H groups in total. The number of nitrogens with one attached hydrogen (secondary N) is 1. The maximum Gasteiger partial charge on any atom is 0.0593 e. The van der Waals surface area contributed by atoms with E-state index in [1.54, 1.807) is 0 Å². The summed E-state index contributed by atoms with van der Waals surface area (Å²) in [5, 5.41) is 12.7. The van der Waals surface area contributed by atoms with Gasteiger partial charge in [-0.2, -0.15) is 0 Å². The van der Waals surface area contributed by atoms with Gasteiger partial charge in [0.15, 0.2) is 0 Å². The number of benzene rings is 1. The number of rotatable bonds is 7. The van der Waals surface area contributed by atoms with Gasteiger partial charge in [0.2, 0.25) is 0 Å². The molecule has 0 aliphatic heterocycles. The minimum Gasteiger partial charge on any atom is -0.396 e. The molecule has 2 nitrogen and oxygen atoms in total. The van der Waals surface area contributed by atoms with Crippen LogP contribution in [0.1, 0.15) is 25.7 Å². The minimum atomic E-state index is 0.299. The van der Waals surface area contributed by atoms with Gasteiger partial charge in [-0.25, -0.2) is 0 Å². The average Bonchev–Trinajstić information content (AvgIpc) is 2.29. The van der Waals surface area contributed by atoms with Gasteiger partial charge in [-0.1, -0.05) is 30.5 Å². The van der Waals surface area contributed by atoms with Crippen molar-refractivity contribution in [3.8, 4) is 0 Å². The summed E-state index contributed by atoms with van der Waals surface area (Å²) in [6.07, 6.45) is 4.25. The Morgan fingerprint density at radius 3 is 2.69 bits per heavy atom. The molecule has 0 heterocycles. The summed E-state index contributed by atoms with van der Waals surface area (Å²) in [5.41, 5.74) is 1.04. The zero-order valence-corrected chi connectivity index (χ0v) is 11.5. The van der Waals surface area contributed by atoms with Gasteiger partial charge in [-0.05, 0) is 40.9 Å². The summed E-state index contributed by atoms with van der Waals surface area (Å²) >= 11 is 9.43. The molecule has 0 fully saturated rings. The molecule has 1 rings (SSSR count). The van der Waals surface area contributed by atoms with Crippen LogP contribution in [0.2, 0.25) is 5.02 Å². The summed E-state index contributed by atoms with van der Waals surface area (Å²) in [4.78, 5) is 0. The average molecular weight is 307 g/mol. The second-order valence-corrected chi connectivity index (χ2v) is 4.87. The topological polar surface area (TPSA) is 32.3 Å². The van der Waals surface area contributed by atoms with E-state index in [-0.39, 0.29) is 0 Å². The highest BCUT2D eigenvalue weighted by Gasteiger charge is 2.02. The second kappa shape index (κ2) is 7.93. The van der Waals surface area contributed by atoms with Crippen LogP contribution in [-0.4, -0.2) is 18.3 Å². The largest absolute Gasteiger partial charge is 0.396 e. The van der Waals surface area contributed by atoms with Crippen LogP contribution in [0.15, 0.2) is 22.7 Å². The smallest absolute Gasteiger partial charge is 0.0593 e. The molecule has 0 saturated carbocycles. The van der Waals surface area contributed by atoms with E-state index in [0.717, 1.165) is 47.4 Å². The lowest BCUT2D eigenvalue weighted by atomic mass is 10.2. The van der Waals surface area contributed by atoms with Crippen LogP contribution in [0.5, 0.6) is 0 Å². The Kier molecular flexibility index (Phi) is 6.85. The molecular formula is C12H17BrClNO. The number of hydrogen-bond donors (Lipinski definition) is 2. The molecule has 0 aliphatic carbocycles. The van der Waals surface area contributed by atoms with E-state index in [1.807, 2.05) is 18.2 Å². The summed E-state index contributed by atoms with van der Waals surface area (Å²) in [6.45, 7) is 1.23. The fraction of sp³-hybridized carbons (Fsp3) is 0.500. The first-order valence-electron chi connectivity index (χ1n) is 5.54. The maximum atomic E-state index is 8.63. The predicted octanol–water partition coefficient (Wildman–Crippen LogP) is 4.07. The number of halogens is 2. The van der Waals surface area contributed by atoms with Gasteiger partial charge in [0.25, 0.3) is 0 Å². The van der Waals surface area contributed by atoms with Crippen molar-refractivity contribution in [1.29, 1.82) is 0 Å². The van der Waals surface area contributed by atoms with E-state index in [0.29, 0.717) is 6.61 Å². The molecule has 0 bridgehead atoms. The van der Waals surface area contributed by atoms with Crippen molar-refractivity contribution < 1.29 is 5.11 Å². The normalized spacial score (nSPS) is 10.4. The molecule has 1 aromatic carbocycles. The Morgan fingerprint density at radius 2 is 1.94 bits per heavy atom. The van der Waals surface area contributed by atoms with Crippen LogP contribution in [0.3, 0.4) is 0 Å². The number of anilines is 1. The van der Waals surface area contributed by atoms with Crippen LogP contribution in [0.25, 0.3) is 0 Å². The molecule has 0 spiro atoms. The molecule has 16 heavy (non-hydrogen) atoms. The van der Waals surface area contributed by atoms with Gasteiger partial charge in [0.05, 0.1) is 9.50 Å². The van der Waals surface area contributed by atoms with Crippen molar-refractivity contribution in [2.45, 2.75) is 25.7 Å². The number of unbranched alkanes of at least 4 members (excludes halogenated alkanes) is 3. The highest BCUT2D eigenvalue weighted by molar-refractivity contribution is 9.10. The Balaban J connectivity index is 2.24. The highest BCUT2D eigenvalue weighted by Crippen LogP contribution is 2.29. The summed E-state index contributed by atoms with van der Waals surface area (Å²) in [7, 11) is 0. The van der Waals surface area contributed by atoms with E-state index < -0.39 is 0 Å². The molecule has 4 heteroatoms. The third-order valence-corrected chi connectivity index (χ3v) is 3.75. The molecule has 0 aromatic heterocycles. The summed E-state index contributed by atoms with van der Waals surface area (Å²) in [6, 6.07) is 5.79. The van der Waals surface area contributed by atoms with Gasteiger partial charge in [0.1, 0.15) is 0 Å². The van der Waals surface area contributed by atoms with E-state index in [1.165, 1.54) is 0 Å². The van der Waals surface area contributed by atoms with E-state index in [2.05, 4.69) is 21.2 Å². The van der Waals surface area contributed by atoms with Crippen LogP contribution >= 0.6 is 27.5 Å². The van der Waals surface area contributed by atoms with Crippen LogP contribution in [-0.2, 0) is 0 Å². The van der Waals surface area contributed by atoms with Crippen molar-refractivity contribution in [3.05, 3.63) is 27.7 Å². The molecule has 0 aliphatic rings.